The van der Waals surface area contributed by atoms with Crippen LogP contribution in [0.1, 0.15) is 53.8 Å². The maximum atomic E-state index is 12.9. The number of nitrogens with zero attached hydrogens (tertiary/aromatic N) is 1. The summed E-state index contributed by atoms with van der Waals surface area (Å²) in [6.07, 6.45) is 2.53. The highest BCUT2D eigenvalue weighted by Gasteiger charge is 2.64. The van der Waals surface area contributed by atoms with E-state index in [9.17, 15) is 14.4 Å². The van der Waals surface area contributed by atoms with Crippen molar-refractivity contribution < 1.29 is 18.7 Å². The van der Waals surface area contributed by atoms with Gasteiger partial charge in [0.2, 0.25) is 0 Å². The lowest BCUT2D eigenvalue weighted by molar-refractivity contribution is -0.128. The van der Waals surface area contributed by atoms with E-state index in [-0.39, 0.29) is 11.2 Å². The molecule has 0 radical (unpaired) electrons. The van der Waals surface area contributed by atoms with Gasteiger partial charge in [0.25, 0.3) is 11.8 Å². The van der Waals surface area contributed by atoms with Gasteiger partial charge < -0.3 is 0 Å². The average Bonchev–Trinajstić information content (AvgIpc) is 3.03. The third-order valence-corrected chi connectivity index (χ3v) is 8.17. The van der Waals surface area contributed by atoms with Gasteiger partial charge in [0.05, 0.1) is 11.1 Å². The number of hydrogen-bond acceptors (Lipinski definition) is 5. The van der Waals surface area contributed by atoms with Gasteiger partial charge in [-0.1, -0.05) is 38.1 Å². The Bertz CT molecular complexity index is 995. The van der Waals surface area contributed by atoms with Crippen molar-refractivity contribution in [2.75, 3.05) is 5.75 Å². The minimum absolute atomic E-state index is 0.0748. The lowest BCUT2D eigenvalue weighted by Gasteiger charge is -2.36. The van der Waals surface area contributed by atoms with E-state index < -0.39 is 17.2 Å². The standard InChI is InChI=1S/C22H21NO4S/c1-21(2)14-9-10-22(21,17(24)11-14)12-28-27-23-19(25)15-7-3-5-13-6-4-8-16(18(13)15)20(23)26/h3-8,14H,9-12H2,1-2H3. The number of hydrogen-bond donors (Lipinski definition) is 0. The lowest BCUT2D eigenvalue weighted by atomic mass is 9.70. The number of imide groups is 1. The molecule has 28 heavy (non-hydrogen) atoms. The van der Waals surface area contributed by atoms with Crippen molar-refractivity contribution in [2.24, 2.45) is 16.7 Å². The summed E-state index contributed by atoms with van der Waals surface area (Å²) < 4.78 is 5.64. The number of carbonyl (C=O) groups is 3. The summed E-state index contributed by atoms with van der Waals surface area (Å²) in [7, 11) is 0. The summed E-state index contributed by atoms with van der Waals surface area (Å²) in [4.78, 5) is 38.4. The number of benzene rings is 2. The van der Waals surface area contributed by atoms with Gasteiger partial charge >= 0.3 is 0 Å². The highest BCUT2D eigenvalue weighted by Crippen LogP contribution is 2.64. The summed E-state index contributed by atoms with van der Waals surface area (Å²) in [6, 6.07) is 10.8. The smallest absolute Gasteiger partial charge is 0.286 e. The molecule has 0 aromatic heterocycles. The Balaban J connectivity index is 1.39. The molecule has 2 aliphatic carbocycles. The zero-order valence-electron chi connectivity index (χ0n) is 15.9. The Kier molecular flexibility index (Phi) is 3.77. The van der Waals surface area contributed by atoms with E-state index in [1.807, 2.05) is 12.1 Å². The predicted molar refractivity (Wildman–Crippen MR) is 107 cm³/mol. The van der Waals surface area contributed by atoms with Gasteiger partial charge in [-0.2, -0.15) is 4.28 Å². The van der Waals surface area contributed by atoms with Crippen LogP contribution in [0.25, 0.3) is 10.8 Å². The van der Waals surface area contributed by atoms with E-state index in [1.54, 1.807) is 24.3 Å². The maximum absolute atomic E-state index is 12.9. The number of fused-ring (bicyclic) bond motifs is 2. The van der Waals surface area contributed by atoms with Crippen molar-refractivity contribution in [3.63, 3.8) is 0 Å². The van der Waals surface area contributed by atoms with Crippen LogP contribution in [0.15, 0.2) is 36.4 Å². The molecule has 5 rings (SSSR count). The van der Waals surface area contributed by atoms with Crippen LogP contribution < -0.4 is 0 Å². The Hall–Kier alpha value is -2.18. The Morgan fingerprint density at radius 1 is 1.07 bits per heavy atom. The van der Waals surface area contributed by atoms with Crippen molar-refractivity contribution in [3.8, 4) is 0 Å². The summed E-state index contributed by atoms with van der Waals surface area (Å²) in [5, 5.41) is 2.38. The highest BCUT2D eigenvalue weighted by atomic mass is 32.2. The summed E-state index contributed by atoms with van der Waals surface area (Å²) in [5.41, 5.74) is 0.422. The number of amides is 2. The zero-order valence-corrected chi connectivity index (χ0v) is 16.7. The second kappa shape index (κ2) is 5.91. The normalized spacial score (nSPS) is 27.9. The third kappa shape index (κ3) is 2.16. The molecule has 2 aromatic rings. The zero-order chi connectivity index (χ0) is 19.7. The van der Waals surface area contributed by atoms with Crippen LogP contribution >= 0.6 is 12.0 Å². The molecule has 2 amide bonds. The van der Waals surface area contributed by atoms with Gasteiger partial charge in [-0.15, -0.1) is 5.06 Å². The molecule has 2 atom stereocenters. The number of hydroxylamine groups is 2. The Morgan fingerprint density at radius 3 is 2.25 bits per heavy atom. The summed E-state index contributed by atoms with van der Waals surface area (Å²) in [5.74, 6) is 0.249. The largest absolute Gasteiger partial charge is 0.299 e. The fourth-order valence-corrected chi connectivity index (χ4v) is 6.54. The van der Waals surface area contributed by atoms with Crippen molar-refractivity contribution in [2.45, 2.75) is 33.1 Å². The first-order chi connectivity index (χ1) is 13.4. The van der Waals surface area contributed by atoms with Crippen LogP contribution in [0.2, 0.25) is 0 Å². The molecule has 2 unspecified atom stereocenters. The topological polar surface area (TPSA) is 63.7 Å². The van der Waals surface area contributed by atoms with Crippen molar-refractivity contribution in [1.29, 1.82) is 0 Å². The first-order valence-corrected chi connectivity index (χ1v) is 10.5. The van der Waals surface area contributed by atoms with Crippen molar-refractivity contribution >= 4 is 40.4 Å². The van der Waals surface area contributed by atoms with Gasteiger partial charge in [0.15, 0.2) is 0 Å². The molecule has 2 saturated carbocycles. The highest BCUT2D eigenvalue weighted by molar-refractivity contribution is 7.94. The summed E-state index contributed by atoms with van der Waals surface area (Å²) in [6.45, 7) is 4.31. The van der Waals surface area contributed by atoms with Gasteiger partial charge in [-0.05, 0) is 41.7 Å². The molecule has 1 heterocycles. The lowest BCUT2D eigenvalue weighted by Crippen LogP contribution is -2.41. The second-order valence-corrected chi connectivity index (χ2v) is 9.29. The van der Waals surface area contributed by atoms with E-state index in [0.717, 1.165) is 35.3 Å². The third-order valence-electron chi connectivity index (χ3n) is 7.31. The van der Waals surface area contributed by atoms with Gasteiger partial charge in [-0.3, -0.25) is 14.4 Å². The first kappa shape index (κ1) is 17.9. The second-order valence-electron chi connectivity index (χ2n) is 8.62. The van der Waals surface area contributed by atoms with Gasteiger partial charge in [-0.25, -0.2) is 0 Å². The minimum Gasteiger partial charge on any atom is -0.299 e. The minimum atomic E-state index is -0.458. The fourth-order valence-electron chi connectivity index (χ4n) is 5.36. The number of Topliss-reactive ketones (excluding diaryl/α,β-unsaturated/α-hetero) is 1. The molecule has 2 fully saturated rings. The van der Waals surface area contributed by atoms with Crippen LogP contribution in [0, 0.1) is 16.7 Å². The molecule has 0 N–H and O–H groups in total. The molecule has 2 aromatic carbocycles. The van der Waals surface area contributed by atoms with E-state index in [2.05, 4.69) is 13.8 Å². The molecule has 0 spiro atoms. The number of ketones is 1. The first-order valence-electron chi connectivity index (χ1n) is 9.60. The molecular weight excluding hydrogens is 374 g/mol. The monoisotopic (exact) mass is 395 g/mol. The molecule has 0 saturated heterocycles. The van der Waals surface area contributed by atoms with E-state index in [1.165, 1.54) is 0 Å². The van der Waals surface area contributed by atoms with Crippen LogP contribution in [0.3, 0.4) is 0 Å². The molecule has 6 heteroatoms. The predicted octanol–water partition coefficient (Wildman–Crippen LogP) is 4.41. The van der Waals surface area contributed by atoms with Crippen LogP contribution in [-0.2, 0) is 9.08 Å². The average molecular weight is 395 g/mol. The van der Waals surface area contributed by atoms with Crippen LogP contribution in [-0.4, -0.2) is 28.4 Å². The number of rotatable bonds is 4. The van der Waals surface area contributed by atoms with Crippen LogP contribution in [0.5, 0.6) is 0 Å². The molecule has 3 aliphatic rings. The van der Waals surface area contributed by atoms with Gasteiger partial charge in [0.1, 0.15) is 5.78 Å². The van der Waals surface area contributed by atoms with Crippen LogP contribution in [0.4, 0.5) is 0 Å². The molecule has 144 valence electrons. The Labute approximate surface area is 167 Å². The van der Waals surface area contributed by atoms with Crippen molar-refractivity contribution in [1.82, 2.24) is 5.06 Å². The SMILES string of the molecule is CC1(C)C2CCC1(CSON1C(=O)c3cccc4cccc(c34)C1=O)C(=O)C2. The van der Waals surface area contributed by atoms with E-state index in [0.29, 0.717) is 34.6 Å². The number of carbonyl (C=O) groups excluding carboxylic acids is 3. The maximum Gasteiger partial charge on any atom is 0.286 e. The van der Waals surface area contributed by atoms with Crippen molar-refractivity contribution in [3.05, 3.63) is 47.5 Å². The molecular formula is C22H21NO4S. The molecule has 1 aliphatic heterocycles. The fraction of sp³-hybridized carbons (Fsp3) is 0.409. The summed E-state index contributed by atoms with van der Waals surface area (Å²) >= 11 is 1.05. The Morgan fingerprint density at radius 2 is 1.71 bits per heavy atom. The van der Waals surface area contributed by atoms with E-state index in [4.69, 9.17) is 4.28 Å². The van der Waals surface area contributed by atoms with Gasteiger partial charge in [0, 0.05) is 35.0 Å². The quantitative estimate of drug-likeness (QED) is 0.567. The molecule has 2 bridgehead atoms. The molecule has 5 nitrogen and oxygen atoms in total. The van der Waals surface area contributed by atoms with E-state index >= 15 is 0 Å².